The van der Waals surface area contributed by atoms with Crippen molar-refractivity contribution in [1.82, 2.24) is 15.5 Å². The van der Waals surface area contributed by atoms with Gasteiger partial charge in [0.05, 0.1) is 26.4 Å². The Labute approximate surface area is 193 Å². The first kappa shape index (κ1) is 24.9. The molecule has 7 nitrogen and oxygen atoms in total. The van der Waals surface area contributed by atoms with Gasteiger partial charge >= 0.3 is 6.61 Å². The Bertz CT molecular complexity index is 696. The number of aliphatic imine (C=N–C) groups is 1. The lowest BCUT2D eigenvalue weighted by atomic mass is 10.2. The van der Waals surface area contributed by atoms with E-state index >= 15 is 0 Å². The van der Waals surface area contributed by atoms with Crippen LogP contribution in [-0.4, -0.2) is 69.5 Å². The summed E-state index contributed by atoms with van der Waals surface area (Å²) in [6.07, 6.45) is 2.55. The van der Waals surface area contributed by atoms with Crippen LogP contribution in [0.4, 0.5) is 8.78 Å². The van der Waals surface area contributed by atoms with E-state index in [9.17, 15) is 8.78 Å². The predicted molar refractivity (Wildman–Crippen MR) is 122 cm³/mol. The number of fused-ring (bicyclic) bond motifs is 1. The van der Waals surface area contributed by atoms with Gasteiger partial charge in [-0.2, -0.15) is 8.78 Å². The van der Waals surface area contributed by atoms with E-state index in [4.69, 9.17) is 9.47 Å². The topological polar surface area (TPSA) is 67.4 Å². The summed E-state index contributed by atoms with van der Waals surface area (Å²) < 4.78 is 41.1. The number of nitrogens with one attached hydrogen (secondary N) is 2. The molecule has 170 valence electrons. The van der Waals surface area contributed by atoms with Crippen molar-refractivity contribution in [3.63, 3.8) is 0 Å². The molecule has 2 aliphatic heterocycles. The molecule has 2 saturated heterocycles. The van der Waals surface area contributed by atoms with Crippen LogP contribution in [0.15, 0.2) is 23.2 Å². The van der Waals surface area contributed by atoms with E-state index in [2.05, 4.69) is 25.3 Å². The zero-order chi connectivity index (χ0) is 20.6. The molecule has 0 aliphatic carbocycles. The van der Waals surface area contributed by atoms with Crippen LogP contribution < -0.4 is 20.1 Å². The maximum atomic E-state index is 12.7. The lowest BCUT2D eigenvalue weighted by Gasteiger charge is -2.35. The first-order valence-corrected chi connectivity index (χ1v) is 10.1. The number of hydrogen-bond donors (Lipinski definition) is 2. The minimum Gasteiger partial charge on any atom is -0.497 e. The van der Waals surface area contributed by atoms with E-state index in [1.54, 1.807) is 12.1 Å². The highest BCUT2D eigenvalue weighted by Crippen LogP contribution is 2.26. The van der Waals surface area contributed by atoms with Gasteiger partial charge in [0.15, 0.2) is 5.96 Å². The Morgan fingerprint density at radius 3 is 2.93 bits per heavy atom. The van der Waals surface area contributed by atoms with Crippen molar-refractivity contribution in [2.24, 2.45) is 4.99 Å². The quantitative estimate of drug-likeness (QED) is 0.301. The van der Waals surface area contributed by atoms with Gasteiger partial charge in [0.1, 0.15) is 11.5 Å². The molecule has 0 saturated carbocycles. The lowest BCUT2D eigenvalue weighted by molar-refractivity contribution is -0.0504. The van der Waals surface area contributed by atoms with Gasteiger partial charge in [0.25, 0.3) is 0 Å². The fourth-order valence-corrected chi connectivity index (χ4v) is 3.74. The molecule has 0 bridgehead atoms. The van der Waals surface area contributed by atoms with E-state index in [0.29, 0.717) is 36.4 Å². The molecule has 2 atom stereocenters. The third kappa shape index (κ3) is 7.09. The van der Waals surface area contributed by atoms with Gasteiger partial charge in [-0.15, -0.1) is 24.0 Å². The number of rotatable bonds is 8. The highest BCUT2D eigenvalue weighted by atomic mass is 127. The summed E-state index contributed by atoms with van der Waals surface area (Å²) in [6.45, 7) is 3.40. The fourth-order valence-electron chi connectivity index (χ4n) is 3.74. The molecule has 0 amide bonds. The van der Waals surface area contributed by atoms with Crippen LogP contribution in [0.1, 0.15) is 25.3 Å². The summed E-state index contributed by atoms with van der Waals surface area (Å²) in [6, 6.07) is 5.27. The van der Waals surface area contributed by atoms with Crippen molar-refractivity contribution in [2.45, 2.75) is 45.1 Å². The predicted octanol–water partition coefficient (Wildman–Crippen LogP) is 2.83. The van der Waals surface area contributed by atoms with E-state index in [1.165, 1.54) is 26.0 Å². The minimum absolute atomic E-state index is 0. The highest BCUT2D eigenvalue weighted by Gasteiger charge is 2.32. The van der Waals surface area contributed by atoms with Crippen molar-refractivity contribution >= 4 is 29.9 Å². The Morgan fingerprint density at radius 2 is 2.20 bits per heavy atom. The van der Waals surface area contributed by atoms with Crippen molar-refractivity contribution in [3.05, 3.63) is 23.8 Å². The molecule has 1 aromatic carbocycles. The molecule has 30 heavy (non-hydrogen) atoms. The highest BCUT2D eigenvalue weighted by molar-refractivity contribution is 14.0. The third-order valence-electron chi connectivity index (χ3n) is 5.19. The summed E-state index contributed by atoms with van der Waals surface area (Å²) in [7, 11) is 1.52. The summed E-state index contributed by atoms with van der Waals surface area (Å²) in [4.78, 5) is 7.01. The molecule has 0 spiro atoms. The Hall–Kier alpha value is -1.40. The van der Waals surface area contributed by atoms with Crippen LogP contribution >= 0.6 is 24.0 Å². The molecule has 0 radical (unpaired) electrons. The van der Waals surface area contributed by atoms with Crippen molar-refractivity contribution in [2.75, 3.05) is 39.9 Å². The van der Waals surface area contributed by atoms with Crippen molar-refractivity contribution < 1.29 is 23.0 Å². The summed E-state index contributed by atoms with van der Waals surface area (Å²) in [5.41, 5.74) is 0.524. The molecule has 2 fully saturated rings. The SMILES string of the molecule is CCNC(=NCc1cc(OC)ccc1OC(F)F)NCC1CN2CCCC2CO1.I. The van der Waals surface area contributed by atoms with Crippen LogP contribution in [0.5, 0.6) is 11.5 Å². The van der Waals surface area contributed by atoms with Gasteiger partial charge in [-0.3, -0.25) is 4.90 Å². The molecule has 0 aromatic heterocycles. The molecule has 2 N–H and O–H groups in total. The van der Waals surface area contributed by atoms with Gasteiger partial charge in [-0.05, 0) is 44.5 Å². The normalized spacial score (nSPS) is 21.7. The average Bonchev–Trinajstić information content (AvgIpc) is 3.18. The van der Waals surface area contributed by atoms with Crippen LogP contribution in [0.3, 0.4) is 0 Å². The number of nitrogens with zero attached hydrogens (tertiary/aromatic N) is 2. The molecule has 2 unspecified atom stereocenters. The van der Waals surface area contributed by atoms with E-state index in [0.717, 1.165) is 19.7 Å². The minimum atomic E-state index is -2.89. The molecule has 10 heteroatoms. The van der Waals surface area contributed by atoms with Crippen molar-refractivity contribution in [3.8, 4) is 11.5 Å². The van der Waals surface area contributed by atoms with E-state index < -0.39 is 6.61 Å². The first-order valence-electron chi connectivity index (χ1n) is 10.1. The summed E-state index contributed by atoms with van der Waals surface area (Å²) >= 11 is 0. The molecular weight excluding hydrogens is 509 g/mol. The Morgan fingerprint density at radius 1 is 1.37 bits per heavy atom. The Balaban J connectivity index is 0.00000320. The summed E-state index contributed by atoms with van der Waals surface area (Å²) in [5, 5.41) is 6.47. The zero-order valence-electron chi connectivity index (χ0n) is 17.4. The molecule has 2 heterocycles. The second kappa shape index (κ2) is 12.5. The smallest absolute Gasteiger partial charge is 0.387 e. The number of halogens is 3. The third-order valence-corrected chi connectivity index (χ3v) is 5.19. The number of hydrogen-bond acceptors (Lipinski definition) is 5. The van der Waals surface area contributed by atoms with Crippen LogP contribution in [-0.2, 0) is 11.3 Å². The monoisotopic (exact) mass is 540 g/mol. The van der Waals surface area contributed by atoms with Gasteiger partial charge in [0.2, 0.25) is 0 Å². The molecular formula is C20H31F2IN4O3. The lowest BCUT2D eigenvalue weighted by Crippen LogP contribution is -2.51. The van der Waals surface area contributed by atoms with Crippen LogP contribution in [0.2, 0.25) is 0 Å². The van der Waals surface area contributed by atoms with E-state index in [1.807, 2.05) is 6.92 Å². The standard InChI is InChI=1S/C20H30F2N4O3.HI/c1-3-23-20(25-11-17-12-26-8-4-5-15(26)13-28-17)24-10-14-9-16(27-2)6-7-18(14)29-19(21)22;/h6-7,9,15,17,19H,3-5,8,10-13H2,1-2H3,(H2,23,24,25);1H. The maximum absolute atomic E-state index is 12.7. The van der Waals surface area contributed by atoms with Crippen LogP contribution in [0.25, 0.3) is 0 Å². The molecule has 1 aromatic rings. The van der Waals surface area contributed by atoms with Crippen molar-refractivity contribution in [1.29, 1.82) is 0 Å². The number of morpholine rings is 1. The van der Waals surface area contributed by atoms with E-state index in [-0.39, 0.29) is 42.4 Å². The largest absolute Gasteiger partial charge is 0.497 e. The second-order valence-electron chi connectivity index (χ2n) is 7.17. The van der Waals surface area contributed by atoms with Gasteiger partial charge < -0.3 is 24.8 Å². The number of benzene rings is 1. The number of methoxy groups -OCH3 is 1. The number of ether oxygens (including phenoxy) is 3. The first-order chi connectivity index (χ1) is 14.1. The molecule has 2 aliphatic rings. The van der Waals surface area contributed by atoms with Crippen LogP contribution in [0, 0.1) is 0 Å². The Kier molecular flexibility index (Phi) is 10.3. The number of alkyl halides is 2. The second-order valence-corrected chi connectivity index (χ2v) is 7.17. The van der Waals surface area contributed by atoms with Gasteiger partial charge in [-0.1, -0.05) is 0 Å². The fraction of sp³-hybridized carbons (Fsp3) is 0.650. The molecule has 3 rings (SSSR count). The zero-order valence-corrected chi connectivity index (χ0v) is 19.7. The summed E-state index contributed by atoms with van der Waals surface area (Å²) in [5.74, 6) is 1.26. The average molecular weight is 540 g/mol. The van der Waals surface area contributed by atoms with Gasteiger partial charge in [0, 0.05) is 31.2 Å². The number of guanidine groups is 1. The van der Waals surface area contributed by atoms with Gasteiger partial charge in [-0.25, -0.2) is 4.99 Å². The maximum Gasteiger partial charge on any atom is 0.387 e.